The zero-order valence-corrected chi connectivity index (χ0v) is 23.5. The average Bonchev–Trinajstić information content (AvgIpc) is 3.27. The number of hydrogen-bond acceptors (Lipinski definition) is 9. The first-order valence-electron chi connectivity index (χ1n) is 13.0. The van der Waals surface area contributed by atoms with E-state index >= 15 is 0 Å². The van der Waals surface area contributed by atoms with Gasteiger partial charge in [-0.05, 0) is 49.8 Å². The van der Waals surface area contributed by atoms with E-state index in [0.717, 1.165) is 21.8 Å². The van der Waals surface area contributed by atoms with E-state index in [1.165, 1.54) is 0 Å². The number of aliphatic hydroxyl groups is 2. The summed E-state index contributed by atoms with van der Waals surface area (Å²) >= 11 is 1.54. The molecular weight excluding hydrogens is 494 g/mol. The minimum atomic E-state index is -1.25. The van der Waals surface area contributed by atoms with Crippen LogP contribution in [0.4, 0.5) is 0 Å². The normalized spacial score (nSPS) is 34.3. The molecule has 1 saturated heterocycles. The van der Waals surface area contributed by atoms with Crippen LogP contribution in [0.5, 0.6) is 0 Å². The number of aliphatic hydroxyl groups excluding tert-OH is 2. The molecule has 2 aliphatic heterocycles. The number of ether oxygens (including phenoxy) is 3. The number of nitrogens with zero attached hydrogens (tertiary/aromatic N) is 1. The van der Waals surface area contributed by atoms with Crippen LogP contribution < -0.4 is 0 Å². The van der Waals surface area contributed by atoms with E-state index in [-0.39, 0.29) is 31.0 Å². The second-order valence-corrected chi connectivity index (χ2v) is 12.0. The molecule has 206 valence electrons. The smallest absolute Gasteiger partial charge is 0.309 e. The molecule has 6 atom stereocenters. The molecule has 2 aliphatic rings. The number of carbonyl (C=O) groups excluding carboxylic acids is 2. The first-order valence-corrected chi connectivity index (χ1v) is 13.9. The lowest BCUT2D eigenvalue weighted by atomic mass is 9.73. The van der Waals surface area contributed by atoms with Crippen LogP contribution in [0, 0.1) is 24.2 Å². The van der Waals surface area contributed by atoms with Crippen molar-refractivity contribution in [3.05, 3.63) is 33.3 Å². The van der Waals surface area contributed by atoms with E-state index in [1.54, 1.807) is 32.1 Å². The Balaban J connectivity index is 1.94. The summed E-state index contributed by atoms with van der Waals surface area (Å²) in [5.41, 5.74) is 1.35. The highest BCUT2D eigenvalue weighted by Gasteiger charge is 2.42. The van der Waals surface area contributed by atoms with Gasteiger partial charge in [0.25, 0.3) is 0 Å². The highest BCUT2D eigenvalue weighted by Crippen LogP contribution is 2.33. The van der Waals surface area contributed by atoms with Crippen molar-refractivity contribution in [2.24, 2.45) is 17.3 Å². The number of rotatable bonds is 2. The van der Waals surface area contributed by atoms with E-state index in [0.29, 0.717) is 25.9 Å². The Kier molecular flexibility index (Phi) is 10.2. The molecule has 0 radical (unpaired) electrons. The third kappa shape index (κ3) is 7.57. The summed E-state index contributed by atoms with van der Waals surface area (Å²) in [5, 5.41) is 24.7. The monoisotopic (exact) mass is 535 g/mol. The van der Waals surface area contributed by atoms with Gasteiger partial charge in [-0.1, -0.05) is 33.8 Å². The van der Waals surface area contributed by atoms with Gasteiger partial charge in [-0.3, -0.25) is 9.59 Å². The van der Waals surface area contributed by atoms with Crippen molar-refractivity contribution in [1.29, 1.82) is 0 Å². The zero-order chi connectivity index (χ0) is 27.3. The molecule has 0 saturated carbocycles. The van der Waals surface area contributed by atoms with Gasteiger partial charge in [-0.15, -0.1) is 11.3 Å². The molecule has 0 aromatic carbocycles. The summed E-state index contributed by atoms with van der Waals surface area (Å²) in [5.74, 6) is -1.74. The molecule has 0 spiro atoms. The third-order valence-corrected chi connectivity index (χ3v) is 8.44. The Morgan fingerprint density at radius 1 is 1.22 bits per heavy atom. The number of aromatic nitrogens is 1. The predicted octanol–water partition coefficient (Wildman–Crippen LogP) is 4.23. The van der Waals surface area contributed by atoms with Crippen molar-refractivity contribution >= 4 is 29.2 Å². The van der Waals surface area contributed by atoms with Crippen molar-refractivity contribution in [3.63, 3.8) is 0 Å². The Hall–Kier alpha value is -1.91. The molecule has 1 aromatic heterocycles. The fourth-order valence-electron chi connectivity index (χ4n) is 4.91. The maximum atomic E-state index is 13.3. The second kappa shape index (κ2) is 12.8. The molecule has 0 aliphatic carbocycles. The first-order chi connectivity index (χ1) is 17.4. The number of fused-ring (bicyclic) bond motifs is 1. The van der Waals surface area contributed by atoms with Gasteiger partial charge in [0.15, 0.2) is 0 Å². The van der Waals surface area contributed by atoms with E-state index in [9.17, 15) is 19.8 Å². The number of cyclic esters (lactones) is 1. The molecule has 0 amide bonds. The van der Waals surface area contributed by atoms with Gasteiger partial charge in [0.1, 0.15) is 18.7 Å². The molecule has 1 aromatic rings. The summed E-state index contributed by atoms with van der Waals surface area (Å²) in [6.45, 7) is 11.3. The summed E-state index contributed by atoms with van der Waals surface area (Å²) in [6, 6.07) is 0. The van der Waals surface area contributed by atoms with Crippen molar-refractivity contribution in [1.82, 2.24) is 4.98 Å². The van der Waals surface area contributed by atoms with E-state index in [1.807, 2.05) is 38.3 Å². The molecular formula is C28H41NO7S. The second-order valence-electron chi connectivity index (χ2n) is 10.9. The summed E-state index contributed by atoms with van der Waals surface area (Å²) < 4.78 is 17.3. The van der Waals surface area contributed by atoms with Gasteiger partial charge in [0, 0.05) is 17.7 Å². The number of aryl methyl sites for hydroxylation is 1. The highest BCUT2D eigenvalue weighted by atomic mass is 32.1. The van der Waals surface area contributed by atoms with Crippen molar-refractivity contribution in [3.8, 4) is 0 Å². The van der Waals surface area contributed by atoms with Gasteiger partial charge >= 0.3 is 5.97 Å². The molecule has 1 unspecified atom stereocenters. The quantitative estimate of drug-likeness (QED) is 0.427. The molecule has 8 nitrogen and oxygen atoms in total. The Bertz CT molecular complexity index is 1010. The molecule has 9 heteroatoms. The van der Waals surface area contributed by atoms with Crippen LogP contribution >= 0.6 is 11.3 Å². The maximum Gasteiger partial charge on any atom is 0.309 e. The molecule has 1 fully saturated rings. The van der Waals surface area contributed by atoms with Crippen LogP contribution in [0.2, 0.25) is 0 Å². The van der Waals surface area contributed by atoms with Crippen LogP contribution in [-0.2, 0) is 23.8 Å². The standard InChI is InChI=1S/C28H41NO7S/c1-16-7-9-23-20(13-34-15-35-23)8-10-22(17(2)11-21-14-37-19(4)29-21)36-25(31)12-24(30)28(5,6)27(33)18(3)26(16)32/h8,11,14,16,18,22-24,26,30,32H,7,9-10,12-13,15H2,1-6H3/b17-11+,20-8-/t16-,18+,22-,23?,24-,26-/m0/s1. The Morgan fingerprint density at radius 3 is 2.62 bits per heavy atom. The molecule has 2 N–H and O–H groups in total. The van der Waals surface area contributed by atoms with Crippen LogP contribution in [0.1, 0.15) is 71.0 Å². The molecule has 37 heavy (non-hydrogen) atoms. The van der Waals surface area contributed by atoms with Gasteiger partial charge in [-0.25, -0.2) is 4.98 Å². The summed E-state index contributed by atoms with van der Waals surface area (Å²) in [7, 11) is 0. The predicted molar refractivity (Wildman–Crippen MR) is 142 cm³/mol. The van der Waals surface area contributed by atoms with Crippen molar-refractivity contribution in [2.45, 2.75) is 91.6 Å². The Morgan fingerprint density at radius 2 is 1.95 bits per heavy atom. The number of esters is 1. The number of hydrogen-bond donors (Lipinski definition) is 2. The molecule has 0 bridgehead atoms. The zero-order valence-electron chi connectivity index (χ0n) is 22.7. The first kappa shape index (κ1) is 29.6. The largest absolute Gasteiger partial charge is 0.457 e. The summed E-state index contributed by atoms with van der Waals surface area (Å²) in [6.07, 6.45) is 2.42. The van der Waals surface area contributed by atoms with Gasteiger partial charge < -0.3 is 24.4 Å². The molecule has 3 rings (SSSR count). The van der Waals surface area contributed by atoms with Crippen LogP contribution in [0.3, 0.4) is 0 Å². The minimum Gasteiger partial charge on any atom is -0.457 e. The van der Waals surface area contributed by atoms with Crippen molar-refractivity contribution in [2.75, 3.05) is 13.4 Å². The highest BCUT2D eigenvalue weighted by molar-refractivity contribution is 7.09. The lowest BCUT2D eigenvalue weighted by Gasteiger charge is -2.35. The van der Waals surface area contributed by atoms with Crippen molar-refractivity contribution < 1.29 is 34.0 Å². The number of ketones is 1. The van der Waals surface area contributed by atoms with Gasteiger partial charge in [-0.2, -0.15) is 0 Å². The lowest BCUT2D eigenvalue weighted by Crippen LogP contribution is -2.45. The SMILES string of the molecule is C/C(=C\c1csc(C)n1)[C@@H]1C/C=C2/COCOC2CC[C@H](C)[C@H](O)[C@@H](C)C(=O)C(C)(C)[C@@H](O)CC(=O)O1. The molecule has 3 heterocycles. The fourth-order valence-corrected chi connectivity index (χ4v) is 5.48. The number of Topliss-reactive ketones (excluding diaryl/α,β-unsaturated/α-hetero) is 1. The fraction of sp³-hybridized carbons (Fsp3) is 0.679. The summed E-state index contributed by atoms with van der Waals surface area (Å²) in [4.78, 5) is 30.8. The number of carbonyl (C=O) groups is 2. The topological polar surface area (TPSA) is 115 Å². The Labute approximate surface area is 223 Å². The van der Waals surface area contributed by atoms with Gasteiger partial charge in [0.2, 0.25) is 0 Å². The van der Waals surface area contributed by atoms with Crippen LogP contribution in [0.25, 0.3) is 6.08 Å². The minimum absolute atomic E-state index is 0.156. The van der Waals surface area contributed by atoms with Crippen LogP contribution in [0.15, 0.2) is 22.6 Å². The number of thiazole rings is 1. The maximum absolute atomic E-state index is 13.3. The van der Waals surface area contributed by atoms with E-state index in [2.05, 4.69) is 4.98 Å². The van der Waals surface area contributed by atoms with E-state index < -0.39 is 35.6 Å². The van der Waals surface area contributed by atoms with Crippen LogP contribution in [-0.4, -0.2) is 64.8 Å². The van der Waals surface area contributed by atoms with Gasteiger partial charge in [0.05, 0.1) is 47.5 Å². The third-order valence-electron chi connectivity index (χ3n) is 7.64. The average molecular weight is 536 g/mol. The lowest BCUT2D eigenvalue weighted by molar-refractivity contribution is -0.154. The van der Waals surface area contributed by atoms with E-state index in [4.69, 9.17) is 14.2 Å².